The van der Waals surface area contributed by atoms with E-state index in [0.29, 0.717) is 9.50 Å². The number of ether oxygens (including phenoxy) is 1. The lowest BCUT2D eigenvalue weighted by Crippen LogP contribution is -1.84. The van der Waals surface area contributed by atoms with Crippen LogP contribution in [-0.2, 0) is 0 Å². The van der Waals surface area contributed by atoms with Gasteiger partial charge in [0.05, 0.1) is 11.6 Å². The summed E-state index contributed by atoms with van der Waals surface area (Å²) in [4.78, 5) is 0. The number of phenols is 1. The molecular weight excluding hydrogens is 352 g/mol. The van der Waals surface area contributed by atoms with Gasteiger partial charge in [0.15, 0.2) is 0 Å². The number of hydrogen-bond donors (Lipinski definition) is 1. The SMILES string of the molecule is COc1ccc(-c2cc(Cl)c3cc(O)c(Br)cc3c2)cc1. The Morgan fingerprint density at radius 1 is 1.00 bits per heavy atom. The van der Waals surface area contributed by atoms with Crippen molar-refractivity contribution >= 4 is 38.3 Å². The molecule has 1 N–H and O–H groups in total. The maximum absolute atomic E-state index is 9.77. The van der Waals surface area contributed by atoms with Gasteiger partial charge in [0.2, 0.25) is 0 Å². The monoisotopic (exact) mass is 362 g/mol. The molecule has 0 aliphatic heterocycles. The van der Waals surface area contributed by atoms with Crippen molar-refractivity contribution in [3.63, 3.8) is 0 Å². The molecular formula is C17H12BrClO2. The van der Waals surface area contributed by atoms with E-state index in [1.54, 1.807) is 13.2 Å². The second-order valence-corrected chi connectivity index (χ2v) is 5.97. The van der Waals surface area contributed by atoms with E-state index in [4.69, 9.17) is 16.3 Å². The van der Waals surface area contributed by atoms with Gasteiger partial charge in [0.25, 0.3) is 0 Å². The van der Waals surface area contributed by atoms with Crippen LogP contribution in [0.2, 0.25) is 5.02 Å². The van der Waals surface area contributed by atoms with Crippen LogP contribution in [-0.4, -0.2) is 12.2 Å². The summed E-state index contributed by atoms with van der Waals surface area (Å²) in [5.74, 6) is 1.000. The van der Waals surface area contributed by atoms with Gasteiger partial charge in [-0.3, -0.25) is 0 Å². The average Bonchev–Trinajstić information content (AvgIpc) is 2.49. The molecule has 0 unspecified atom stereocenters. The summed E-state index contributed by atoms with van der Waals surface area (Å²) in [7, 11) is 1.64. The van der Waals surface area contributed by atoms with Crippen molar-refractivity contribution in [1.29, 1.82) is 0 Å². The summed E-state index contributed by atoms with van der Waals surface area (Å²) in [6, 6.07) is 15.3. The molecule has 3 aromatic carbocycles. The maximum atomic E-state index is 9.77. The van der Waals surface area contributed by atoms with E-state index >= 15 is 0 Å². The third-order valence-corrected chi connectivity index (χ3v) is 4.34. The van der Waals surface area contributed by atoms with Crippen molar-refractivity contribution in [3.05, 3.63) is 58.0 Å². The first-order valence-electron chi connectivity index (χ1n) is 6.34. The van der Waals surface area contributed by atoms with Gasteiger partial charge in [0, 0.05) is 10.4 Å². The van der Waals surface area contributed by atoms with Gasteiger partial charge in [0.1, 0.15) is 11.5 Å². The summed E-state index contributed by atoms with van der Waals surface area (Å²) >= 11 is 9.67. The van der Waals surface area contributed by atoms with Crippen LogP contribution in [0.1, 0.15) is 0 Å². The van der Waals surface area contributed by atoms with Crippen LogP contribution >= 0.6 is 27.5 Å². The van der Waals surface area contributed by atoms with E-state index in [2.05, 4.69) is 15.9 Å². The first-order chi connectivity index (χ1) is 10.1. The zero-order valence-corrected chi connectivity index (χ0v) is 13.6. The Kier molecular flexibility index (Phi) is 3.79. The van der Waals surface area contributed by atoms with E-state index < -0.39 is 0 Å². The van der Waals surface area contributed by atoms with Crippen molar-refractivity contribution in [2.75, 3.05) is 7.11 Å². The minimum absolute atomic E-state index is 0.182. The average molecular weight is 364 g/mol. The lowest BCUT2D eigenvalue weighted by atomic mass is 10.0. The molecule has 21 heavy (non-hydrogen) atoms. The van der Waals surface area contributed by atoms with Crippen LogP contribution in [0.5, 0.6) is 11.5 Å². The molecule has 3 aromatic rings. The summed E-state index contributed by atoms with van der Waals surface area (Å²) in [5, 5.41) is 12.2. The van der Waals surface area contributed by atoms with Crippen LogP contribution in [0.3, 0.4) is 0 Å². The Labute approximate surface area is 136 Å². The summed E-state index contributed by atoms with van der Waals surface area (Å²) in [5.41, 5.74) is 2.08. The summed E-state index contributed by atoms with van der Waals surface area (Å²) < 4.78 is 5.82. The third-order valence-electron chi connectivity index (χ3n) is 3.39. The van der Waals surface area contributed by atoms with Gasteiger partial charge >= 0.3 is 0 Å². The number of hydrogen-bond acceptors (Lipinski definition) is 2. The van der Waals surface area contributed by atoms with Crippen LogP contribution in [0.4, 0.5) is 0 Å². The molecule has 0 saturated carbocycles. The first-order valence-corrected chi connectivity index (χ1v) is 7.52. The molecule has 0 atom stereocenters. The van der Waals surface area contributed by atoms with Crippen LogP contribution in [0.15, 0.2) is 53.0 Å². The van der Waals surface area contributed by atoms with Gasteiger partial charge in [-0.2, -0.15) is 0 Å². The molecule has 0 aliphatic carbocycles. The number of phenolic OH excluding ortho intramolecular Hbond substituents is 1. The molecule has 3 rings (SSSR count). The Morgan fingerprint density at radius 3 is 2.38 bits per heavy atom. The third kappa shape index (κ3) is 2.71. The molecule has 106 valence electrons. The fourth-order valence-electron chi connectivity index (χ4n) is 2.28. The van der Waals surface area contributed by atoms with Crippen molar-refractivity contribution in [2.24, 2.45) is 0 Å². The van der Waals surface area contributed by atoms with Crippen LogP contribution in [0, 0.1) is 0 Å². The molecule has 0 radical (unpaired) electrons. The number of benzene rings is 3. The normalized spacial score (nSPS) is 10.8. The highest BCUT2D eigenvalue weighted by molar-refractivity contribution is 9.10. The second-order valence-electron chi connectivity index (χ2n) is 4.71. The molecule has 4 heteroatoms. The molecule has 0 aromatic heterocycles. The lowest BCUT2D eigenvalue weighted by molar-refractivity contribution is 0.415. The predicted molar refractivity (Wildman–Crippen MR) is 90.3 cm³/mol. The predicted octanol–water partition coefficient (Wildman–Crippen LogP) is 5.64. The van der Waals surface area contributed by atoms with Gasteiger partial charge < -0.3 is 9.84 Å². The zero-order chi connectivity index (χ0) is 15.0. The molecule has 0 saturated heterocycles. The first kappa shape index (κ1) is 14.2. The minimum atomic E-state index is 0.182. The molecule has 0 amide bonds. The van der Waals surface area contributed by atoms with Crippen molar-refractivity contribution in [1.82, 2.24) is 0 Å². The van der Waals surface area contributed by atoms with Gasteiger partial charge in [-0.1, -0.05) is 23.7 Å². The molecule has 0 spiro atoms. The molecule has 0 heterocycles. The van der Waals surface area contributed by atoms with E-state index in [1.165, 1.54) is 0 Å². The zero-order valence-electron chi connectivity index (χ0n) is 11.2. The van der Waals surface area contributed by atoms with Crippen LogP contribution < -0.4 is 4.74 Å². The standard InChI is InChI=1S/C17H12BrClO2/c1-21-13-4-2-10(3-5-13)11-6-12-7-15(18)17(20)9-14(12)16(19)8-11/h2-9,20H,1H3. The largest absolute Gasteiger partial charge is 0.507 e. The number of halogens is 2. The Bertz CT molecular complexity index is 813. The number of methoxy groups -OCH3 is 1. The molecule has 0 bridgehead atoms. The summed E-state index contributed by atoms with van der Waals surface area (Å²) in [6.07, 6.45) is 0. The van der Waals surface area contributed by atoms with E-state index in [0.717, 1.165) is 27.6 Å². The van der Waals surface area contributed by atoms with Gasteiger partial charge in [-0.05, 0) is 68.8 Å². The van der Waals surface area contributed by atoms with E-state index in [9.17, 15) is 5.11 Å². The topological polar surface area (TPSA) is 29.5 Å². The highest BCUT2D eigenvalue weighted by Crippen LogP contribution is 2.36. The molecule has 2 nitrogen and oxygen atoms in total. The second kappa shape index (κ2) is 5.58. The maximum Gasteiger partial charge on any atom is 0.130 e. The van der Waals surface area contributed by atoms with Gasteiger partial charge in [-0.25, -0.2) is 0 Å². The number of fused-ring (bicyclic) bond motifs is 1. The fourth-order valence-corrected chi connectivity index (χ4v) is 2.92. The Balaban J connectivity index is 2.17. The van der Waals surface area contributed by atoms with E-state index in [1.807, 2.05) is 42.5 Å². The highest BCUT2D eigenvalue weighted by atomic mass is 79.9. The Morgan fingerprint density at radius 2 is 1.71 bits per heavy atom. The molecule has 0 fully saturated rings. The van der Waals surface area contributed by atoms with Crippen molar-refractivity contribution in [3.8, 4) is 22.6 Å². The fraction of sp³-hybridized carbons (Fsp3) is 0.0588. The lowest BCUT2D eigenvalue weighted by Gasteiger charge is -2.09. The van der Waals surface area contributed by atoms with Gasteiger partial charge in [-0.15, -0.1) is 0 Å². The van der Waals surface area contributed by atoms with Crippen molar-refractivity contribution in [2.45, 2.75) is 0 Å². The minimum Gasteiger partial charge on any atom is -0.507 e. The number of aromatic hydroxyl groups is 1. The highest BCUT2D eigenvalue weighted by Gasteiger charge is 2.08. The summed E-state index contributed by atoms with van der Waals surface area (Å²) in [6.45, 7) is 0. The van der Waals surface area contributed by atoms with Crippen molar-refractivity contribution < 1.29 is 9.84 Å². The van der Waals surface area contributed by atoms with E-state index in [-0.39, 0.29) is 5.75 Å². The smallest absolute Gasteiger partial charge is 0.130 e. The number of rotatable bonds is 2. The quantitative estimate of drug-likeness (QED) is 0.638. The molecule has 0 aliphatic rings. The Hall–Kier alpha value is -1.71. The van der Waals surface area contributed by atoms with Crippen LogP contribution in [0.25, 0.3) is 21.9 Å².